The number of hydrogen-bond donors (Lipinski definition) is 1. The number of benzene rings is 1. The molecule has 1 aliphatic rings. The number of carboxylic acids is 1. The Morgan fingerprint density at radius 2 is 2.10 bits per heavy atom. The summed E-state index contributed by atoms with van der Waals surface area (Å²) in [5.41, 5.74) is 0.295. The zero-order valence-electron chi connectivity index (χ0n) is 11.4. The monoisotopic (exact) mass is 299 g/mol. The molecular weight excluding hydrogens is 284 g/mol. The van der Waals surface area contributed by atoms with Gasteiger partial charge in [-0.2, -0.15) is 0 Å². The van der Waals surface area contributed by atoms with Crippen LogP contribution in [0.2, 0.25) is 0 Å². The van der Waals surface area contributed by atoms with Crippen LogP contribution in [0.15, 0.2) is 18.2 Å². The van der Waals surface area contributed by atoms with Crippen molar-refractivity contribution in [2.75, 3.05) is 13.7 Å². The van der Waals surface area contributed by atoms with E-state index in [2.05, 4.69) is 0 Å². The molecule has 0 bridgehead atoms. The van der Waals surface area contributed by atoms with E-state index in [0.717, 1.165) is 12.1 Å². The summed E-state index contributed by atoms with van der Waals surface area (Å²) in [6, 6.07) is 2.23. The molecule has 114 valence electrons. The number of rotatable bonds is 4. The molecule has 1 heterocycles. The summed E-state index contributed by atoms with van der Waals surface area (Å²) in [5, 5.41) is 9.13. The van der Waals surface area contributed by atoms with Crippen molar-refractivity contribution in [1.82, 2.24) is 4.90 Å². The van der Waals surface area contributed by atoms with Crippen molar-refractivity contribution < 1.29 is 28.2 Å². The average molecular weight is 299 g/mol. The summed E-state index contributed by atoms with van der Waals surface area (Å²) in [6.45, 7) is 0.177. The summed E-state index contributed by atoms with van der Waals surface area (Å²) in [5.74, 6) is -3.58. The van der Waals surface area contributed by atoms with E-state index in [1.807, 2.05) is 0 Å². The number of hydrogen-bond acceptors (Lipinski definition) is 3. The minimum atomic E-state index is -1.10. The maximum absolute atomic E-state index is 13.1. The molecule has 1 saturated heterocycles. The lowest BCUT2D eigenvalue weighted by Gasteiger charge is -2.21. The zero-order chi connectivity index (χ0) is 15.6. The van der Waals surface area contributed by atoms with Gasteiger partial charge in [0.2, 0.25) is 5.91 Å². The van der Waals surface area contributed by atoms with Gasteiger partial charge >= 0.3 is 5.97 Å². The predicted octanol–water partition coefficient (Wildman–Crippen LogP) is 1.21. The third kappa shape index (κ3) is 3.36. The molecule has 1 aliphatic heterocycles. The Labute approximate surface area is 120 Å². The molecule has 2 rings (SSSR count). The Kier molecular flexibility index (Phi) is 4.52. The second-order valence-electron chi connectivity index (χ2n) is 4.92. The van der Waals surface area contributed by atoms with E-state index < -0.39 is 29.6 Å². The second-order valence-corrected chi connectivity index (χ2v) is 4.92. The number of nitrogens with zero attached hydrogens (tertiary/aromatic N) is 1. The highest BCUT2D eigenvalue weighted by Gasteiger charge is 2.39. The lowest BCUT2D eigenvalue weighted by Crippen LogP contribution is -2.41. The van der Waals surface area contributed by atoms with E-state index in [9.17, 15) is 18.4 Å². The van der Waals surface area contributed by atoms with Crippen LogP contribution in [0, 0.1) is 11.6 Å². The van der Waals surface area contributed by atoms with Gasteiger partial charge in [0.25, 0.3) is 0 Å². The first-order valence-electron chi connectivity index (χ1n) is 6.41. The Morgan fingerprint density at radius 1 is 1.38 bits per heavy atom. The molecule has 5 nitrogen and oxygen atoms in total. The molecule has 1 amide bonds. The largest absolute Gasteiger partial charge is 0.480 e. The molecule has 21 heavy (non-hydrogen) atoms. The van der Waals surface area contributed by atoms with Crippen LogP contribution >= 0.6 is 0 Å². The molecule has 0 aromatic heterocycles. The first-order valence-corrected chi connectivity index (χ1v) is 6.41. The smallest absolute Gasteiger partial charge is 0.326 e. The van der Waals surface area contributed by atoms with Crippen molar-refractivity contribution in [2.24, 2.45) is 0 Å². The number of carbonyl (C=O) groups excluding carboxylic acids is 1. The fourth-order valence-corrected chi connectivity index (χ4v) is 2.40. The highest BCUT2D eigenvalue weighted by Crippen LogP contribution is 2.21. The highest BCUT2D eigenvalue weighted by molar-refractivity contribution is 5.85. The van der Waals surface area contributed by atoms with Crippen molar-refractivity contribution in [3.05, 3.63) is 35.4 Å². The van der Waals surface area contributed by atoms with Crippen LogP contribution in [0.1, 0.15) is 12.0 Å². The van der Waals surface area contributed by atoms with Crippen LogP contribution < -0.4 is 0 Å². The van der Waals surface area contributed by atoms with Crippen molar-refractivity contribution in [3.8, 4) is 0 Å². The van der Waals surface area contributed by atoms with E-state index in [1.165, 1.54) is 18.1 Å². The second kappa shape index (κ2) is 6.17. The Bertz CT molecular complexity index is 564. The van der Waals surface area contributed by atoms with Crippen molar-refractivity contribution in [3.63, 3.8) is 0 Å². The molecule has 7 heteroatoms. The lowest BCUT2D eigenvalue weighted by molar-refractivity contribution is -0.148. The Balaban J connectivity index is 2.11. The van der Waals surface area contributed by atoms with Gasteiger partial charge in [-0.25, -0.2) is 13.6 Å². The van der Waals surface area contributed by atoms with Gasteiger partial charge in [0.05, 0.1) is 12.5 Å². The number of carboxylic acid groups (broad SMARTS) is 1. The van der Waals surface area contributed by atoms with Crippen LogP contribution in [0.5, 0.6) is 0 Å². The topological polar surface area (TPSA) is 66.8 Å². The molecule has 0 aliphatic carbocycles. The molecule has 0 radical (unpaired) electrons. The van der Waals surface area contributed by atoms with E-state index in [-0.39, 0.29) is 25.5 Å². The molecule has 2 unspecified atom stereocenters. The fraction of sp³-hybridized carbons (Fsp3) is 0.429. The van der Waals surface area contributed by atoms with Crippen LogP contribution in [0.4, 0.5) is 8.78 Å². The SMILES string of the molecule is COC1CC(C(=O)O)N(C(=O)Cc2ccc(F)c(F)c2)C1. The maximum atomic E-state index is 13.1. The van der Waals surface area contributed by atoms with Gasteiger partial charge in [0, 0.05) is 20.1 Å². The Hall–Kier alpha value is -2.02. The third-order valence-electron chi connectivity index (χ3n) is 3.54. The molecular formula is C14H15F2NO4. The molecule has 0 saturated carbocycles. The zero-order valence-corrected chi connectivity index (χ0v) is 11.4. The summed E-state index contributed by atoms with van der Waals surface area (Å²) < 4.78 is 31.0. The number of aliphatic carboxylic acids is 1. The first kappa shape index (κ1) is 15.4. The van der Waals surface area contributed by atoms with E-state index in [0.29, 0.717) is 5.56 Å². The summed E-state index contributed by atoms with van der Waals surface area (Å²) >= 11 is 0. The van der Waals surface area contributed by atoms with Gasteiger partial charge in [0.15, 0.2) is 11.6 Å². The first-order chi connectivity index (χ1) is 9.92. The van der Waals surface area contributed by atoms with E-state index >= 15 is 0 Å². The fourth-order valence-electron chi connectivity index (χ4n) is 2.40. The number of likely N-dealkylation sites (tertiary alicyclic amines) is 1. The normalized spacial score (nSPS) is 21.6. The van der Waals surface area contributed by atoms with Gasteiger partial charge in [-0.15, -0.1) is 0 Å². The molecule has 1 aromatic carbocycles. The molecule has 2 atom stereocenters. The number of methoxy groups -OCH3 is 1. The summed E-state index contributed by atoms with van der Waals surface area (Å²) in [6.07, 6.45) is -0.299. The number of carbonyl (C=O) groups is 2. The predicted molar refractivity (Wildman–Crippen MR) is 68.6 cm³/mol. The highest BCUT2D eigenvalue weighted by atomic mass is 19.2. The minimum absolute atomic E-state index is 0.177. The lowest BCUT2D eigenvalue weighted by atomic mass is 10.1. The average Bonchev–Trinajstić information content (AvgIpc) is 2.87. The molecule has 0 spiro atoms. The summed E-state index contributed by atoms with van der Waals surface area (Å²) in [4.78, 5) is 24.6. The Morgan fingerprint density at radius 3 is 2.67 bits per heavy atom. The van der Waals surface area contributed by atoms with Gasteiger partial charge in [0.1, 0.15) is 6.04 Å². The minimum Gasteiger partial charge on any atom is -0.480 e. The van der Waals surface area contributed by atoms with Gasteiger partial charge in [-0.05, 0) is 17.7 Å². The quantitative estimate of drug-likeness (QED) is 0.907. The van der Waals surface area contributed by atoms with Gasteiger partial charge in [-0.3, -0.25) is 4.79 Å². The van der Waals surface area contributed by atoms with E-state index in [4.69, 9.17) is 9.84 Å². The van der Waals surface area contributed by atoms with Crippen molar-refractivity contribution >= 4 is 11.9 Å². The van der Waals surface area contributed by atoms with Crippen LogP contribution in [0.25, 0.3) is 0 Å². The number of ether oxygens (including phenoxy) is 1. The summed E-state index contributed by atoms with van der Waals surface area (Å²) in [7, 11) is 1.45. The van der Waals surface area contributed by atoms with Crippen LogP contribution in [-0.4, -0.2) is 47.7 Å². The van der Waals surface area contributed by atoms with Crippen LogP contribution in [-0.2, 0) is 20.7 Å². The number of halogens is 2. The molecule has 1 aromatic rings. The van der Waals surface area contributed by atoms with Crippen molar-refractivity contribution in [1.29, 1.82) is 0 Å². The third-order valence-corrected chi connectivity index (χ3v) is 3.54. The van der Waals surface area contributed by atoms with Gasteiger partial charge in [-0.1, -0.05) is 6.07 Å². The standard InChI is InChI=1S/C14H15F2NO4/c1-21-9-6-12(14(19)20)17(7-9)13(18)5-8-2-3-10(15)11(16)4-8/h2-4,9,12H,5-7H2,1H3,(H,19,20). The van der Waals surface area contributed by atoms with Crippen molar-refractivity contribution in [2.45, 2.75) is 25.0 Å². The molecule has 1 fully saturated rings. The maximum Gasteiger partial charge on any atom is 0.326 e. The molecule has 1 N–H and O–H groups in total. The van der Waals surface area contributed by atoms with E-state index in [1.54, 1.807) is 0 Å². The van der Waals surface area contributed by atoms with Crippen LogP contribution in [0.3, 0.4) is 0 Å². The van der Waals surface area contributed by atoms with Gasteiger partial charge < -0.3 is 14.7 Å². The number of amides is 1.